The van der Waals surface area contributed by atoms with Crippen molar-refractivity contribution >= 4 is 29.0 Å². The first-order valence-corrected chi connectivity index (χ1v) is 8.27. The number of nitrogens with zero attached hydrogens (tertiary/aromatic N) is 2. The maximum Gasteiger partial charge on any atom is 0.289 e. The number of rotatable bonds is 5. The largest absolute Gasteiger partial charge is 0.366 e. The lowest BCUT2D eigenvalue weighted by Gasteiger charge is -2.29. The fraction of sp³-hybridized carbons (Fsp3) is 0.600. The predicted molar refractivity (Wildman–Crippen MR) is 86.4 cm³/mol. The van der Waals surface area contributed by atoms with Gasteiger partial charge in [-0.3, -0.25) is 14.9 Å². The number of halogens is 1. The molecule has 2 atom stereocenters. The molecule has 1 amide bonds. The number of nitrogens with one attached hydrogen (secondary N) is 2. The Kier molecular flexibility index (Phi) is 4.66. The highest BCUT2D eigenvalue weighted by Crippen LogP contribution is 2.30. The van der Waals surface area contributed by atoms with Gasteiger partial charge in [-0.05, 0) is 32.1 Å². The van der Waals surface area contributed by atoms with E-state index in [0.29, 0.717) is 11.9 Å². The van der Waals surface area contributed by atoms with Crippen LogP contribution in [0, 0.1) is 16.0 Å². The Hall–Kier alpha value is -1.89. The maximum atomic E-state index is 12.2. The summed E-state index contributed by atoms with van der Waals surface area (Å²) in [5.41, 5.74) is -0.133. The van der Waals surface area contributed by atoms with E-state index in [2.05, 4.69) is 15.6 Å². The van der Waals surface area contributed by atoms with Crippen molar-refractivity contribution in [1.29, 1.82) is 0 Å². The number of hydrogen-bond acceptors (Lipinski definition) is 5. The highest BCUT2D eigenvalue weighted by molar-refractivity contribution is 6.33. The fourth-order valence-corrected chi connectivity index (χ4v) is 3.15. The Morgan fingerprint density at radius 2 is 2.09 bits per heavy atom. The van der Waals surface area contributed by atoms with Crippen LogP contribution in [0.5, 0.6) is 0 Å². The van der Waals surface area contributed by atoms with Gasteiger partial charge in [-0.1, -0.05) is 18.0 Å². The second-order valence-electron chi connectivity index (χ2n) is 6.27. The van der Waals surface area contributed by atoms with Gasteiger partial charge in [0.15, 0.2) is 0 Å². The Morgan fingerprint density at radius 1 is 1.30 bits per heavy atom. The van der Waals surface area contributed by atoms with Crippen molar-refractivity contribution in [2.24, 2.45) is 5.92 Å². The monoisotopic (exact) mass is 338 g/mol. The quantitative estimate of drug-likeness (QED) is 0.635. The van der Waals surface area contributed by atoms with E-state index in [9.17, 15) is 14.9 Å². The minimum absolute atomic E-state index is 0.0127. The molecule has 0 saturated heterocycles. The van der Waals surface area contributed by atoms with Crippen LogP contribution >= 0.6 is 11.6 Å². The van der Waals surface area contributed by atoms with E-state index >= 15 is 0 Å². The molecule has 7 nitrogen and oxygen atoms in total. The van der Waals surface area contributed by atoms with Gasteiger partial charge in [0.2, 0.25) is 5.91 Å². The molecule has 23 heavy (non-hydrogen) atoms. The van der Waals surface area contributed by atoms with E-state index in [1.165, 1.54) is 12.3 Å². The first-order valence-electron chi connectivity index (χ1n) is 7.90. The molecule has 0 spiro atoms. The van der Waals surface area contributed by atoms with Crippen molar-refractivity contribution in [3.8, 4) is 0 Å². The molecule has 2 fully saturated rings. The minimum atomic E-state index is -0.526. The van der Waals surface area contributed by atoms with Crippen LogP contribution in [0.4, 0.5) is 11.5 Å². The molecule has 0 aromatic carbocycles. The molecule has 2 saturated carbocycles. The summed E-state index contributed by atoms with van der Waals surface area (Å²) in [6, 6.07) is 1.77. The van der Waals surface area contributed by atoms with Crippen molar-refractivity contribution in [3.63, 3.8) is 0 Å². The number of amides is 1. The van der Waals surface area contributed by atoms with Crippen LogP contribution in [-0.2, 0) is 4.79 Å². The normalized spacial score (nSPS) is 24.0. The van der Waals surface area contributed by atoms with Crippen molar-refractivity contribution in [2.45, 2.75) is 50.6 Å². The van der Waals surface area contributed by atoms with Gasteiger partial charge < -0.3 is 10.6 Å². The topological polar surface area (TPSA) is 97.2 Å². The van der Waals surface area contributed by atoms with Crippen LogP contribution in [0.25, 0.3) is 0 Å². The number of carbonyl (C=O) groups excluding carboxylic acids is 1. The number of anilines is 1. The first kappa shape index (κ1) is 16.0. The van der Waals surface area contributed by atoms with E-state index in [4.69, 9.17) is 11.6 Å². The number of nitro groups is 1. The Balaban J connectivity index is 1.60. The molecule has 0 unspecified atom stereocenters. The zero-order valence-corrected chi connectivity index (χ0v) is 13.4. The fourth-order valence-electron chi connectivity index (χ4n) is 2.93. The molecule has 1 aromatic rings. The Labute approximate surface area is 139 Å². The zero-order valence-electron chi connectivity index (χ0n) is 12.6. The summed E-state index contributed by atoms with van der Waals surface area (Å²) in [6.45, 7) is 0. The SMILES string of the molecule is O=C(NC1CC1)[C@@H]1CCC[C@@H](Nc2ncc([N+](=O)[O-])cc2Cl)C1. The summed E-state index contributed by atoms with van der Waals surface area (Å²) >= 11 is 6.06. The third-order valence-electron chi connectivity index (χ3n) is 4.35. The van der Waals surface area contributed by atoms with E-state index in [1.54, 1.807) is 0 Å². The van der Waals surface area contributed by atoms with Gasteiger partial charge in [-0.15, -0.1) is 0 Å². The second kappa shape index (κ2) is 6.70. The van der Waals surface area contributed by atoms with Gasteiger partial charge in [0.05, 0.1) is 9.95 Å². The van der Waals surface area contributed by atoms with Gasteiger partial charge in [-0.25, -0.2) is 4.98 Å². The summed E-state index contributed by atoms with van der Waals surface area (Å²) in [7, 11) is 0. The average Bonchev–Trinajstić information content (AvgIpc) is 3.33. The van der Waals surface area contributed by atoms with Crippen LogP contribution < -0.4 is 10.6 Å². The molecule has 3 rings (SSSR count). The standard InChI is InChI=1S/C15H19ClN4O3/c16-13-7-12(20(22)23)8-17-14(13)18-11-3-1-2-9(6-11)15(21)19-10-4-5-10/h7-11H,1-6H2,(H,17,18)(H,19,21)/t9-,11-/m1/s1. The molecular weight excluding hydrogens is 320 g/mol. The zero-order chi connectivity index (χ0) is 16.4. The molecule has 2 N–H and O–H groups in total. The van der Waals surface area contributed by atoms with Crippen LogP contribution in [0.15, 0.2) is 12.3 Å². The highest BCUT2D eigenvalue weighted by Gasteiger charge is 2.31. The van der Waals surface area contributed by atoms with Crippen LogP contribution in [0.3, 0.4) is 0 Å². The van der Waals surface area contributed by atoms with Gasteiger partial charge >= 0.3 is 0 Å². The van der Waals surface area contributed by atoms with Crippen LogP contribution in [0.2, 0.25) is 5.02 Å². The van der Waals surface area contributed by atoms with Crippen molar-refractivity contribution in [3.05, 3.63) is 27.4 Å². The van der Waals surface area contributed by atoms with Crippen LogP contribution in [0.1, 0.15) is 38.5 Å². The maximum absolute atomic E-state index is 12.2. The Morgan fingerprint density at radius 3 is 2.74 bits per heavy atom. The van der Waals surface area contributed by atoms with Crippen molar-refractivity contribution in [2.75, 3.05) is 5.32 Å². The number of aromatic nitrogens is 1. The van der Waals surface area contributed by atoms with Gasteiger partial charge in [0, 0.05) is 24.1 Å². The van der Waals surface area contributed by atoms with Crippen molar-refractivity contribution < 1.29 is 9.72 Å². The first-order chi connectivity index (χ1) is 11.0. The van der Waals surface area contributed by atoms with E-state index in [0.717, 1.165) is 38.5 Å². The lowest BCUT2D eigenvalue weighted by Crippen LogP contribution is -2.38. The van der Waals surface area contributed by atoms with Gasteiger partial charge in [-0.2, -0.15) is 0 Å². The molecule has 2 aliphatic rings. The van der Waals surface area contributed by atoms with Crippen LogP contribution in [-0.4, -0.2) is 27.9 Å². The van der Waals surface area contributed by atoms with E-state index in [-0.39, 0.29) is 28.6 Å². The lowest BCUT2D eigenvalue weighted by molar-refractivity contribution is -0.385. The summed E-state index contributed by atoms with van der Waals surface area (Å²) in [4.78, 5) is 26.4. The predicted octanol–water partition coefficient (Wildman–Crippen LogP) is 2.89. The van der Waals surface area contributed by atoms with E-state index in [1.807, 2.05) is 0 Å². The molecule has 124 valence electrons. The van der Waals surface area contributed by atoms with E-state index < -0.39 is 4.92 Å². The number of carbonyl (C=O) groups is 1. The average molecular weight is 339 g/mol. The van der Waals surface area contributed by atoms with Gasteiger partial charge in [0.25, 0.3) is 5.69 Å². The highest BCUT2D eigenvalue weighted by atomic mass is 35.5. The molecule has 0 radical (unpaired) electrons. The van der Waals surface area contributed by atoms with Gasteiger partial charge in [0.1, 0.15) is 12.0 Å². The smallest absolute Gasteiger partial charge is 0.289 e. The molecule has 0 aliphatic heterocycles. The Bertz CT molecular complexity index is 621. The summed E-state index contributed by atoms with van der Waals surface area (Å²) < 4.78 is 0. The van der Waals surface area contributed by atoms with Crippen molar-refractivity contribution in [1.82, 2.24) is 10.3 Å². The molecule has 1 aromatic heterocycles. The third-order valence-corrected chi connectivity index (χ3v) is 4.64. The number of pyridine rings is 1. The molecular formula is C15H19ClN4O3. The lowest BCUT2D eigenvalue weighted by atomic mass is 9.85. The molecule has 2 aliphatic carbocycles. The molecule has 0 bridgehead atoms. The summed E-state index contributed by atoms with van der Waals surface area (Å²) in [5, 5.41) is 17.2. The summed E-state index contributed by atoms with van der Waals surface area (Å²) in [5.74, 6) is 0.589. The summed E-state index contributed by atoms with van der Waals surface area (Å²) in [6.07, 6.45) is 6.89. The second-order valence-corrected chi connectivity index (χ2v) is 6.68. The molecule has 1 heterocycles. The minimum Gasteiger partial charge on any atom is -0.366 e. The molecule has 8 heteroatoms. The number of hydrogen-bond donors (Lipinski definition) is 2. The third kappa shape index (κ3) is 4.10.